The summed E-state index contributed by atoms with van der Waals surface area (Å²) >= 11 is 0. The van der Waals surface area contributed by atoms with Crippen LogP contribution in [0.2, 0.25) is 0 Å². The summed E-state index contributed by atoms with van der Waals surface area (Å²) in [4.78, 5) is 29.0. The summed E-state index contributed by atoms with van der Waals surface area (Å²) in [6.45, 7) is 3.54. The second kappa shape index (κ2) is 22.3. The number of piperazine rings is 1. The molecule has 0 amide bonds. The maximum atomic E-state index is 15.5. The zero-order chi connectivity index (χ0) is 49.3. The first kappa shape index (κ1) is 51.5. The van der Waals surface area contributed by atoms with Gasteiger partial charge < -0.3 is 91.8 Å². The van der Waals surface area contributed by atoms with Crippen molar-refractivity contribution >= 4 is 22.6 Å². The highest BCUT2D eigenvalue weighted by Crippen LogP contribution is 2.38. The van der Waals surface area contributed by atoms with Gasteiger partial charge in [-0.15, -0.1) is 5.10 Å². The van der Waals surface area contributed by atoms with Crippen LogP contribution in [0.1, 0.15) is 67.0 Å². The molecule has 0 bridgehead atoms. The lowest BCUT2D eigenvalue weighted by atomic mass is 9.83. The smallest absolute Gasteiger partial charge is 0.341 e. The summed E-state index contributed by atoms with van der Waals surface area (Å²) < 4.78 is 42.4. The molecule has 5 aliphatic rings. The van der Waals surface area contributed by atoms with Gasteiger partial charge >= 0.3 is 5.97 Å². The van der Waals surface area contributed by atoms with Crippen molar-refractivity contribution in [2.24, 2.45) is 17.2 Å². The highest BCUT2D eigenvalue weighted by Gasteiger charge is 2.52. The Morgan fingerprint density at radius 2 is 1.52 bits per heavy atom. The minimum Gasteiger partial charge on any atom is -0.477 e. The summed E-state index contributed by atoms with van der Waals surface area (Å²) in [7, 11) is 0. The largest absolute Gasteiger partial charge is 0.477 e. The fourth-order valence-corrected chi connectivity index (χ4v) is 9.91. The predicted octanol–water partition coefficient (Wildman–Crippen LogP) is -4.00. The highest BCUT2D eigenvalue weighted by atomic mass is 19.1. The van der Waals surface area contributed by atoms with Gasteiger partial charge in [0.25, 0.3) is 0 Å². The van der Waals surface area contributed by atoms with E-state index in [-0.39, 0.29) is 36.5 Å². The molecule has 69 heavy (non-hydrogen) atoms. The van der Waals surface area contributed by atoms with Crippen molar-refractivity contribution in [1.82, 2.24) is 29.8 Å². The average Bonchev–Trinajstić information content (AvgIpc) is 4.09. The van der Waals surface area contributed by atoms with Crippen molar-refractivity contribution in [1.29, 1.82) is 0 Å². The van der Waals surface area contributed by atoms with Crippen LogP contribution in [0.15, 0.2) is 29.3 Å². The fourth-order valence-electron chi connectivity index (χ4n) is 9.91. The Bertz CT molecular complexity index is 2260. The van der Waals surface area contributed by atoms with E-state index in [1.54, 1.807) is 16.9 Å². The lowest BCUT2D eigenvalue weighted by Gasteiger charge is -2.49. The van der Waals surface area contributed by atoms with Crippen molar-refractivity contribution in [3.05, 3.63) is 51.8 Å². The van der Waals surface area contributed by atoms with Gasteiger partial charge in [-0.05, 0) is 50.8 Å². The summed E-state index contributed by atoms with van der Waals surface area (Å²) in [6, 6.07) is 0.0625. The summed E-state index contributed by atoms with van der Waals surface area (Å²) in [5.41, 5.74) is 18.8. The Labute approximate surface area is 396 Å². The van der Waals surface area contributed by atoms with Crippen LogP contribution in [0.5, 0.6) is 0 Å². The topological polar surface area (TPSA) is 365 Å². The van der Waals surface area contributed by atoms with Gasteiger partial charge in [0, 0.05) is 81.7 Å². The molecule has 384 valence electrons. The first-order valence-electron chi connectivity index (χ1n) is 23.8. The molecular weight excluding hydrogens is 912 g/mol. The quantitative estimate of drug-likeness (QED) is 0.0509. The van der Waals surface area contributed by atoms with E-state index in [0.717, 1.165) is 58.2 Å². The number of aliphatic hydroxyl groups excluding tert-OH is 7. The molecule has 24 nitrogen and oxygen atoms in total. The number of aryl methyl sites for hydroxylation is 1. The zero-order valence-electron chi connectivity index (χ0n) is 38.2. The molecule has 3 aliphatic heterocycles. The van der Waals surface area contributed by atoms with E-state index in [1.165, 1.54) is 12.3 Å². The Kier molecular flexibility index (Phi) is 16.6. The number of pyridine rings is 1. The van der Waals surface area contributed by atoms with Gasteiger partial charge in [0.2, 0.25) is 5.43 Å². The molecule has 2 saturated carbocycles. The van der Waals surface area contributed by atoms with E-state index in [2.05, 4.69) is 20.5 Å². The molecule has 0 radical (unpaired) electrons. The zero-order valence-corrected chi connectivity index (χ0v) is 38.2. The van der Waals surface area contributed by atoms with Crippen LogP contribution >= 0.6 is 0 Å². The van der Waals surface area contributed by atoms with Gasteiger partial charge in [-0.2, -0.15) is 0 Å². The molecule has 0 spiro atoms. The van der Waals surface area contributed by atoms with E-state index in [9.17, 15) is 50.4 Å². The maximum Gasteiger partial charge on any atom is 0.341 e. The van der Waals surface area contributed by atoms with Crippen molar-refractivity contribution in [2.45, 2.75) is 156 Å². The fraction of sp³-hybridized carbons (Fsp3) is 0.727. The van der Waals surface area contributed by atoms with Gasteiger partial charge in [0.05, 0.1) is 29.5 Å². The number of aliphatic hydroxyl groups is 7. The standard InChI is InChI=1S/C44H67FN10O14/c45-25-13-23-28(55(22-5-6-22)19-24(33(23)57)42(64)65)15-29(25)53-11-9-52(10-12-53)7-3-1-2-4-8-54-18-21(50-51-54)17-49-27-14-26(47)40(68-44-38(62)37(61)35(59)30(16-46)66-44)39(63)41(27)69-43-36(60)32(48)34(58)31(20-56)67-43/h13,15,18-19,22,26-27,30-32,34-41,43-44,49,56,58-63H,1-12,14,16-17,20,46-48H2,(H,64,65)/t26-,27+,30+,31+,32-,34+,35+,36+,37-,38+,39-,40+,41-,43+,44+/m0/s1. The number of aromatic nitrogens is 4. The number of nitrogens with zero attached hydrogens (tertiary/aromatic N) is 6. The SMILES string of the molecule is NC[C@H]1O[C@H](O[C@H]2[C@H](O)[C@@H](O[C@H]3O[C@H](CO)[C@@H](O)[C@H](N)[C@H]3O)[C@H](NCc3cn(CCCCCCN4CCN(c5cc6c(cc5F)c(=O)c(C(=O)O)cn6C5CC5)CC4)nn3)C[C@@H]2N)[C@H](O)[C@@H](O)[C@@H]1O. The van der Waals surface area contributed by atoms with Gasteiger partial charge in [0.15, 0.2) is 12.6 Å². The third kappa shape index (κ3) is 11.3. The predicted molar refractivity (Wildman–Crippen MR) is 241 cm³/mol. The molecule has 5 fully saturated rings. The number of aromatic carboxylic acids is 1. The molecule has 2 aromatic heterocycles. The molecule has 0 unspecified atom stereocenters. The van der Waals surface area contributed by atoms with Gasteiger partial charge in [-0.3, -0.25) is 14.4 Å². The number of carboxylic acids is 1. The first-order chi connectivity index (χ1) is 33.1. The number of nitrogens with two attached hydrogens (primary N) is 3. The molecule has 2 aliphatic carbocycles. The monoisotopic (exact) mass is 978 g/mol. The molecule has 1 aromatic carbocycles. The maximum absolute atomic E-state index is 15.5. The summed E-state index contributed by atoms with van der Waals surface area (Å²) in [5, 5.41) is 95.8. The van der Waals surface area contributed by atoms with E-state index in [1.807, 2.05) is 9.47 Å². The van der Waals surface area contributed by atoms with E-state index < -0.39 is 116 Å². The molecule has 3 aromatic rings. The Hall–Kier alpha value is -3.87. The van der Waals surface area contributed by atoms with Crippen LogP contribution in [0.3, 0.4) is 0 Å². The highest BCUT2D eigenvalue weighted by molar-refractivity contribution is 5.93. The first-order valence-corrected chi connectivity index (χ1v) is 23.8. The Morgan fingerprint density at radius 1 is 0.841 bits per heavy atom. The number of ether oxygens (including phenoxy) is 4. The second-order valence-corrected chi connectivity index (χ2v) is 19.0. The van der Waals surface area contributed by atoms with E-state index in [0.29, 0.717) is 36.5 Å². The number of benzene rings is 1. The number of carbonyl (C=O) groups is 1. The van der Waals surface area contributed by atoms with E-state index >= 15 is 4.39 Å². The number of fused-ring (bicyclic) bond motifs is 1. The summed E-state index contributed by atoms with van der Waals surface area (Å²) in [6.07, 6.45) is -8.54. The van der Waals surface area contributed by atoms with E-state index in [4.69, 9.17) is 36.1 Å². The van der Waals surface area contributed by atoms with Crippen LogP contribution < -0.4 is 32.8 Å². The van der Waals surface area contributed by atoms with Gasteiger partial charge in [-0.1, -0.05) is 18.1 Å². The number of hydrogen-bond donors (Lipinski definition) is 12. The third-order valence-electron chi connectivity index (χ3n) is 14.2. The number of carboxylic acid groups (broad SMARTS) is 1. The molecule has 3 saturated heterocycles. The minimum atomic E-state index is -1.73. The van der Waals surface area contributed by atoms with Crippen molar-refractivity contribution < 1.29 is 69.0 Å². The van der Waals surface area contributed by atoms with Crippen molar-refractivity contribution in [2.75, 3.05) is 50.8 Å². The normalized spacial score (nSPS) is 34.7. The number of halogens is 1. The Morgan fingerprint density at radius 3 is 2.20 bits per heavy atom. The number of nitrogens with one attached hydrogen (secondary N) is 1. The van der Waals surface area contributed by atoms with Crippen LogP contribution in [0, 0.1) is 5.82 Å². The number of anilines is 1. The molecule has 15 atom stereocenters. The number of rotatable bonds is 19. The number of hydrogen-bond acceptors (Lipinski definition) is 21. The van der Waals surface area contributed by atoms with Crippen LogP contribution in [-0.4, -0.2) is 209 Å². The molecule has 15 N–H and O–H groups in total. The Balaban J connectivity index is 0.805. The molecule has 5 heterocycles. The number of unbranched alkanes of at least 4 members (excludes halogenated alkanes) is 3. The lowest BCUT2D eigenvalue weighted by molar-refractivity contribution is -0.332. The average molecular weight is 979 g/mol. The van der Waals surface area contributed by atoms with Crippen molar-refractivity contribution in [3.63, 3.8) is 0 Å². The molecular formula is C44H67FN10O14. The van der Waals surface area contributed by atoms with Gasteiger partial charge in [0.1, 0.15) is 72.4 Å². The molecule has 8 rings (SSSR count). The van der Waals surface area contributed by atoms with Crippen molar-refractivity contribution in [3.8, 4) is 0 Å². The molecule has 25 heteroatoms. The van der Waals surface area contributed by atoms with Crippen LogP contribution in [0.4, 0.5) is 10.1 Å². The van der Waals surface area contributed by atoms with Crippen LogP contribution in [-0.2, 0) is 32.0 Å². The summed E-state index contributed by atoms with van der Waals surface area (Å²) in [5.74, 6) is -1.86. The van der Waals surface area contributed by atoms with Crippen LogP contribution in [0.25, 0.3) is 10.9 Å². The van der Waals surface area contributed by atoms with Gasteiger partial charge in [-0.25, -0.2) is 9.18 Å². The third-order valence-corrected chi connectivity index (χ3v) is 14.2. The minimum absolute atomic E-state index is 0.0811. The second-order valence-electron chi connectivity index (χ2n) is 19.0. The lowest BCUT2D eigenvalue weighted by Crippen LogP contribution is -2.69.